The van der Waals surface area contributed by atoms with Crippen molar-refractivity contribution in [2.45, 2.75) is 43.9 Å². The van der Waals surface area contributed by atoms with Crippen molar-refractivity contribution in [3.63, 3.8) is 0 Å². The van der Waals surface area contributed by atoms with E-state index in [4.69, 9.17) is 0 Å². The van der Waals surface area contributed by atoms with Crippen LogP contribution in [0.15, 0.2) is 54.7 Å². The average molecular weight is 282 g/mol. The molecule has 110 valence electrons. The fourth-order valence-corrected chi connectivity index (χ4v) is 3.02. The minimum Gasteiger partial charge on any atom is -0.393 e. The van der Waals surface area contributed by atoms with Gasteiger partial charge < -0.3 is 10.4 Å². The highest BCUT2D eigenvalue weighted by molar-refractivity contribution is 5.27. The topological polar surface area (TPSA) is 45.1 Å². The first kappa shape index (κ1) is 14.2. The zero-order valence-electron chi connectivity index (χ0n) is 12.2. The molecule has 1 unspecified atom stereocenters. The summed E-state index contributed by atoms with van der Waals surface area (Å²) in [6, 6.07) is 17.1. The molecule has 0 bridgehead atoms. The van der Waals surface area contributed by atoms with E-state index in [-0.39, 0.29) is 12.1 Å². The lowest BCUT2D eigenvalue weighted by molar-refractivity contribution is 0.115. The van der Waals surface area contributed by atoms with Crippen molar-refractivity contribution in [3.8, 4) is 0 Å². The van der Waals surface area contributed by atoms with E-state index in [1.54, 1.807) is 0 Å². The molecule has 1 aromatic heterocycles. The van der Waals surface area contributed by atoms with Gasteiger partial charge in [-0.2, -0.15) is 0 Å². The van der Waals surface area contributed by atoms with Crippen molar-refractivity contribution in [3.05, 3.63) is 66.0 Å². The molecule has 1 heterocycles. The highest BCUT2D eigenvalue weighted by atomic mass is 16.3. The number of nitrogens with one attached hydrogen (secondary N) is 1. The third-order valence-corrected chi connectivity index (χ3v) is 4.22. The first-order valence-electron chi connectivity index (χ1n) is 7.73. The molecule has 1 aliphatic rings. The Hall–Kier alpha value is -1.71. The summed E-state index contributed by atoms with van der Waals surface area (Å²) in [6.45, 7) is 0. The molecule has 1 aliphatic carbocycles. The maximum absolute atomic E-state index is 9.66. The number of aliphatic hydroxyl groups is 1. The Morgan fingerprint density at radius 3 is 2.33 bits per heavy atom. The molecule has 1 fully saturated rings. The summed E-state index contributed by atoms with van der Waals surface area (Å²) in [5.41, 5.74) is 2.29. The van der Waals surface area contributed by atoms with Gasteiger partial charge in [0.05, 0.1) is 17.8 Å². The molecule has 3 nitrogen and oxygen atoms in total. The van der Waals surface area contributed by atoms with E-state index in [1.807, 2.05) is 24.4 Å². The van der Waals surface area contributed by atoms with Gasteiger partial charge in [0, 0.05) is 12.2 Å². The van der Waals surface area contributed by atoms with Crippen LogP contribution in [0.2, 0.25) is 0 Å². The van der Waals surface area contributed by atoms with E-state index >= 15 is 0 Å². The van der Waals surface area contributed by atoms with Gasteiger partial charge in [-0.25, -0.2) is 0 Å². The second-order valence-corrected chi connectivity index (χ2v) is 5.77. The molecule has 1 atom stereocenters. The van der Waals surface area contributed by atoms with Crippen LogP contribution in [0.3, 0.4) is 0 Å². The van der Waals surface area contributed by atoms with Gasteiger partial charge >= 0.3 is 0 Å². The third kappa shape index (κ3) is 3.69. The molecule has 2 aromatic rings. The number of aromatic nitrogens is 1. The summed E-state index contributed by atoms with van der Waals surface area (Å²) in [5, 5.41) is 13.4. The molecule has 0 aliphatic heterocycles. The van der Waals surface area contributed by atoms with Crippen molar-refractivity contribution >= 4 is 0 Å². The Morgan fingerprint density at radius 2 is 1.67 bits per heavy atom. The molecule has 1 saturated carbocycles. The van der Waals surface area contributed by atoms with Gasteiger partial charge in [-0.1, -0.05) is 36.4 Å². The molecule has 0 amide bonds. The quantitative estimate of drug-likeness (QED) is 0.906. The van der Waals surface area contributed by atoms with E-state index in [0.717, 1.165) is 31.4 Å². The van der Waals surface area contributed by atoms with Gasteiger partial charge in [-0.3, -0.25) is 4.98 Å². The summed E-state index contributed by atoms with van der Waals surface area (Å²) in [4.78, 5) is 4.52. The zero-order chi connectivity index (χ0) is 14.5. The van der Waals surface area contributed by atoms with E-state index in [9.17, 15) is 5.11 Å². The smallest absolute Gasteiger partial charge is 0.0753 e. The summed E-state index contributed by atoms with van der Waals surface area (Å²) in [7, 11) is 0. The third-order valence-electron chi connectivity index (χ3n) is 4.22. The van der Waals surface area contributed by atoms with Crippen molar-refractivity contribution in [1.29, 1.82) is 0 Å². The normalized spacial score (nSPS) is 23.7. The molecular formula is C18H22N2O. The minimum absolute atomic E-state index is 0.118. The van der Waals surface area contributed by atoms with E-state index in [0.29, 0.717) is 6.04 Å². The lowest BCUT2D eigenvalue weighted by atomic mass is 9.91. The van der Waals surface area contributed by atoms with Gasteiger partial charge in [0.2, 0.25) is 0 Å². The Balaban J connectivity index is 1.80. The van der Waals surface area contributed by atoms with Gasteiger partial charge in [-0.05, 0) is 43.4 Å². The predicted molar refractivity (Wildman–Crippen MR) is 83.9 cm³/mol. The van der Waals surface area contributed by atoms with Crippen molar-refractivity contribution in [2.75, 3.05) is 0 Å². The number of hydrogen-bond donors (Lipinski definition) is 2. The lowest BCUT2D eigenvalue weighted by Crippen LogP contribution is -2.37. The Kier molecular flexibility index (Phi) is 4.63. The van der Waals surface area contributed by atoms with Crippen LogP contribution in [0.5, 0.6) is 0 Å². The van der Waals surface area contributed by atoms with Gasteiger partial charge in [0.1, 0.15) is 0 Å². The largest absolute Gasteiger partial charge is 0.393 e. The fourth-order valence-electron chi connectivity index (χ4n) is 3.02. The molecular weight excluding hydrogens is 260 g/mol. The van der Waals surface area contributed by atoms with Gasteiger partial charge in [0.15, 0.2) is 0 Å². The van der Waals surface area contributed by atoms with Crippen LogP contribution in [0.1, 0.15) is 43.0 Å². The Labute approximate surface area is 126 Å². The molecule has 0 spiro atoms. The monoisotopic (exact) mass is 282 g/mol. The molecule has 2 N–H and O–H groups in total. The van der Waals surface area contributed by atoms with Gasteiger partial charge in [0.25, 0.3) is 0 Å². The second kappa shape index (κ2) is 6.83. The number of nitrogens with zero attached hydrogens (tertiary/aromatic N) is 1. The maximum atomic E-state index is 9.66. The van der Waals surface area contributed by atoms with Crippen molar-refractivity contribution in [2.24, 2.45) is 0 Å². The second-order valence-electron chi connectivity index (χ2n) is 5.77. The standard InChI is InChI=1S/C18H22N2O/c21-16-11-9-15(10-12-16)20-18(14-6-2-1-3-7-14)17-8-4-5-13-19-17/h1-8,13,15-16,18,20-21H,9-12H2. The van der Waals surface area contributed by atoms with E-state index in [2.05, 4.69) is 40.6 Å². The van der Waals surface area contributed by atoms with Crippen molar-refractivity contribution < 1.29 is 5.11 Å². The van der Waals surface area contributed by atoms with Gasteiger partial charge in [-0.15, -0.1) is 0 Å². The van der Waals surface area contributed by atoms with Crippen LogP contribution in [-0.4, -0.2) is 22.2 Å². The van der Waals surface area contributed by atoms with Crippen molar-refractivity contribution in [1.82, 2.24) is 10.3 Å². The average Bonchev–Trinajstić information content (AvgIpc) is 2.56. The molecule has 0 saturated heterocycles. The number of aliphatic hydroxyl groups excluding tert-OH is 1. The molecule has 3 rings (SSSR count). The lowest BCUT2D eigenvalue weighted by Gasteiger charge is -2.30. The number of rotatable bonds is 4. The number of benzene rings is 1. The van der Waals surface area contributed by atoms with Crippen LogP contribution in [0, 0.1) is 0 Å². The summed E-state index contributed by atoms with van der Waals surface area (Å²) < 4.78 is 0. The summed E-state index contributed by atoms with van der Waals surface area (Å²) in [6.07, 6.45) is 5.56. The summed E-state index contributed by atoms with van der Waals surface area (Å²) in [5.74, 6) is 0. The zero-order valence-corrected chi connectivity index (χ0v) is 12.2. The Bertz CT molecular complexity index is 496. The van der Waals surface area contributed by atoms with Crippen LogP contribution < -0.4 is 5.32 Å². The summed E-state index contributed by atoms with van der Waals surface area (Å²) >= 11 is 0. The van der Waals surface area contributed by atoms with E-state index in [1.165, 1.54) is 5.56 Å². The maximum Gasteiger partial charge on any atom is 0.0753 e. The number of pyridine rings is 1. The first-order valence-corrected chi connectivity index (χ1v) is 7.73. The molecule has 0 radical (unpaired) electrons. The van der Waals surface area contributed by atoms with Crippen LogP contribution in [0.4, 0.5) is 0 Å². The molecule has 3 heteroatoms. The highest BCUT2D eigenvalue weighted by Gasteiger charge is 2.24. The van der Waals surface area contributed by atoms with Crippen LogP contribution in [0.25, 0.3) is 0 Å². The minimum atomic E-state index is -0.118. The first-order chi connectivity index (χ1) is 10.3. The molecule has 1 aromatic carbocycles. The number of hydrogen-bond acceptors (Lipinski definition) is 3. The Morgan fingerprint density at radius 1 is 0.952 bits per heavy atom. The fraction of sp³-hybridized carbons (Fsp3) is 0.389. The van der Waals surface area contributed by atoms with E-state index < -0.39 is 0 Å². The SMILES string of the molecule is OC1CCC(NC(c2ccccc2)c2ccccn2)CC1. The highest BCUT2D eigenvalue weighted by Crippen LogP contribution is 2.25. The molecule has 21 heavy (non-hydrogen) atoms. The van der Waals surface area contributed by atoms with Crippen LogP contribution >= 0.6 is 0 Å². The predicted octanol–water partition coefficient (Wildman–Crippen LogP) is 3.06. The van der Waals surface area contributed by atoms with Crippen LogP contribution in [-0.2, 0) is 0 Å².